The van der Waals surface area contributed by atoms with Gasteiger partial charge in [-0.3, -0.25) is 4.79 Å². The van der Waals surface area contributed by atoms with E-state index in [4.69, 9.17) is 11.6 Å². The number of benzene rings is 1. The van der Waals surface area contributed by atoms with Gasteiger partial charge in [-0.05, 0) is 46.3 Å². The van der Waals surface area contributed by atoms with Crippen molar-refractivity contribution in [2.75, 3.05) is 0 Å². The molecule has 104 valence electrons. The minimum atomic E-state index is -0.609. The van der Waals surface area contributed by atoms with E-state index in [9.17, 15) is 9.18 Å². The first-order valence-electron chi connectivity index (χ1n) is 6.52. The Hall–Kier alpha value is -0.410. The van der Waals surface area contributed by atoms with Gasteiger partial charge in [-0.25, -0.2) is 4.39 Å². The van der Waals surface area contributed by atoms with Crippen LogP contribution in [0.5, 0.6) is 0 Å². The van der Waals surface area contributed by atoms with Crippen molar-refractivity contribution in [3.8, 4) is 0 Å². The van der Waals surface area contributed by atoms with Crippen molar-refractivity contribution >= 4 is 33.3 Å². The summed E-state index contributed by atoms with van der Waals surface area (Å²) in [6.45, 7) is 4.18. The molecule has 0 aromatic heterocycles. The summed E-state index contributed by atoms with van der Waals surface area (Å²) in [5.41, 5.74) is 0.0505. The van der Waals surface area contributed by atoms with Crippen LogP contribution in [-0.2, 0) is 0 Å². The Morgan fingerprint density at radius 1 is 1.42 bits per heavy atom. The van der Waals surface area contributed by atoms with Gasteiger partial charge in [-0.1, -0.05) is 38.3 Å². The van der Waals surface area contributed by atoms with Crippen molar-refractivity contribution in [1.82, 2.24) is 0 Å². The molecule has 0 spiro atoms. The fraction of sp³-hybridized carbons (Fsp3) is 0.533. The Kier molecular flexibility index (Phi) is 4.36. The van der Waals surface area contributed by atoms with Crippen molar-refractivity contribution in [2.45, 2.75) is 39.5 Å². The normalized spacial score (nSPS) is 22.3. The van der Waals surface area contributed by atoms with Crippen LogP contribution >= 0.6 is 27.5 Å². The number of rotatable bonds is 2. The number of carbonyl (C=O) groups excluding carboxylic acids is 1. The average Bonchev–Trinajstić information content (AvgIpc) is 2.35. The first kappa shape index (κ1) is 15.0. The highest BCUT2D eigenvalue weighted by Gasteiger charge is 2.38. The van der Waals surface area contributed by atoms with Crippen LogP contribution in [0.4, 0.5) is 4.39 Å². The van der Waals surface area contributed by atoms with Gasteiger partial charge in [-0.15, -0.1) is 0 Å². The summed E-state index contributed by atoms with van der Waals surface area (Å²) in [5.74, 6) is -0.841. The molecule has 0 amide bonds. The summed E-state index contributed by atoms with van der Waals surface area (Å²) >= 11 is 9.03. The Morgan fingerprint density at radius 3 is 2.74 bits per heavy atom. The third kappa shape index (κ3) is 2.87. The van der Waals surface area contributed by atoms with Gasteiger partial charge in [0.05, 0.1) is 10.6 Å². The maximum absolute atomic E-state index is 14.1. The number of Topliss-reactive ketones (excluding diaryl/α,β-unsaturated/α-hetero) is 1. The molecule has 19 heavy (non-hydrogen) atoms. The summed E-state index contributed by atoms with van der Waals surface area (Å²) in [4.78, 5) is 12.6. The van der Waals surface area contributed by atoms with Crippen LogP contribution in [0.3, 0.4) is 0 Å². The molecule has 1 nitrogen and oxygen atoms in total. The first-order valence-corrected chi connectivity index (χ1v) is 7.69. The second-order valence-corrected chi connectivity index (χ2v) is 7.11. The Balaban J connectivity index is 2.37. The van der Waals surface area contributed by atoms with Crippen molar-refractivity contribution in [3.63, 3.8) is 0 Å². The van der Waals surface area contributed by atoms with Crippen molar-refractivity contribution in [1.29, 1.82) is 0 Å². The van der Waals surface area contributed by atoms with Crippen LogP contribution in [-0.4, -0.2) is 5.78 Å². The van der Waals surface area contributed by atoms with Crippen molar-refractivity contribution in [3.05, 3.63) is 33.0 Å². The Bertz CT molecular complexity index is 513. The van der Waals surface area contributed by atoms with E-state index in [0.717, 1.165) is 25.7 Å². The van der Waals surface area contributed by atoms with Gasteiger partial charge in [0.15, 0.2) is 11.6 Å². The molecule has 1 aliphatic rings. The molecule has 1 aromatic carbocycles. The van der Waals surface area contributed by atoms with Gasteiger partial charge in [0, 0.05) is 10.4 Å². The van der Waals surface area contributed by atoms with E-state index in [-0.39, 0.29) is 27.7 Å². The summed E-state index contributed by atoms with van der Waals surface area (Å²) in [6.07, 6.45) is 4.01. The highest BCUT2D eigenvalue weighted by Crippen LogP contribution is 2.43. The minimum Gasteiger partial charge on any atom is -0.294 e. The molecule has 1 unspecified atom stereocenters. The van der Waals surface area contributed by atoms with Gasteiger partial charge < -0.3 is 0 Å². The predicted molar refractivity (Wildman–Crippen MR) is 79.2 cm³/mol. The molecule has 1 saturated carbocycles. The highest BCUT2D eigenvalue weighted by molar-refractivity contribution is 9.10. The van der Waals surface area contributed by atoms with Gasteiger partial charge in [0.1, 0.15) is 0 Å². The molecular weight excluding hydrogens is 331 g/mol. The maximum Gasteiger partial charge on any atom is 0.169 e. The molecule has 0 radical (unpaired) electrons. The van der Waals surface area contributed by atoms with Crippen molar-refractivity contribution in [2.24, 2.45) is 11.3 Å². The molecule has 1 fully saturated rings. The van der Waals surface area contributed by atoms with Crippen LogP contribution in [0.15, 0.2) is 16.6 Å². The molecule has 0 saturated heterocycles. The molecule has 0 bridgehead atoms. The second-order valence-electron chi connectivity index (χ2n) is 5.87. The summed E-state index contributed by atoms with van der Waals surface area (Å²) in [6, 6.07) is 3.16. The zero-order valence-electron chi connectivity index (χ0n) is 11.1. The summed E-state index contributed by atoms with van der Waals surface area (Å²) < 4.78 is 14.6. The Labute approximate surface area is 126 Å². The zero-order valence-corrected chi connectivity index (χ0v) is 13.4. The van der Waals surface area contributed by atoms with Crippen LogP contribution in [0.2, 0.25) is 5.02 Å². The van der Waals surface area contributed by atoms with Gasteiger partial charge >= 0.3 is 0 Å². The fourth-order valence-corrected chi connectivity index (χ4v) is 3.35. The lowest BCUT2D eigenvalue weighted by Crippen LogP contribution is -2.34. The molecule has 1 atom stereocenters. The fourth-order valence-electron chi connectivity index (χ4n) is 2.88. The third-order valence-electron chi connectivity index (χ3n) is 4.12. The topological polar surface area (TPSA) is 17.1 Å². The highest BCUT2D eigenvalue weighted by atomic mass is 79.9. The van der Waals surface area contributed by atoms with E-state index in [0.29, 0.717) is 4.47 Å². The van der Waals surface area contributed by atoms with Gasteiger partial charge in [0.2, 0.25) is 0 Å². The number of hydrogen-bond acceptors (Lipinski definition) is 1. The molecule has 2 rings (SSSR count). The molecular formula is C15H17BrClFO. The van der Waals surface area contributed by atoms with E-state index in [1.54, 1.807) is 6.07 Å². The molecule has 4 heteroatoms. The van der Waals surface area contributed by atoms with Crippen LogP contribution < -0.4 is 0 Å². The lowest BCUT2D eigenvalue weighted by Gasteiger charge is -2.37. The van der Waals surface area contributed by atoms with Crippen LogP contribution in [0.25, 0.3) is 0 Å². The number of halogens is 3. The number of hydrogen-bond donors (Lipinski definition) is 0. The zero-order chi connectivity index (χ0) is 14.2. The molecule has 1 aromatic rings. The van der Waals surface area contributed by atoms with Gasteiger partial charge in [0.25, 0.3) is 0 Å². The molecule has 0 aliphatic heterocycles. The molecule has 1 aliphatic carbocycles. The lowest BCUT2D eigenvalue weighted by atomic mass is 9.66. The molecule has 0 N–H and O–H groups in total. The van der Waals surface area contributed by atoms with E-state index >= 15 is 0 Å². The van der Waals surface area contributed by atoms with E-state index < -0.39 is 5.82 Å². The van der Waals surface area contributed by atoms with E-state index in [2.05, 4.69) is 29.8 Å². The number of carbonyl (C=O) groups is 1. The smallest absolute Gasteiger partial charge is 0.169 e. The second kappa shape index (κ2) is 5.53. The lowest BCUT2D eigenvalue weighted by molar-refractivity contribution is 0.0693. The van der Waals surface area contributed by atoms with E-state index in [1.165, 1.54) is 6.07 Å². The van der Waals surface area contributed by atoms with Crippen LogP contribution in [0.1, 0.15) is 49.9 Å². The largest absolute Gasteiger partial charge is 0.294 e. The first-order chi connectivity index (χ1) is 8.84. The summed E-state index contributed by atoms with van der Waals surface area (Å²) in [7, 11) is 0. The maximum atomic E-state index is 14.1. The van der Waals surface area contributed by atoms with Crippen molar-refractivity contribution < 1.29 is 9.18 Å². The predicted octanol–water partition coefficient (Wildman–Crippen LogP) is 5.64. The third-order valence-corrected chi connectivity index (χ3v) is 5.38. The standard InChI is InChI=1S/C15H17BrClFO/c1-15(2)8-4-3-5-10(15)14(19)9-6-7-11(16)12(17)13(9)18/h6-7,10H,3-5,8H2,1-2H3. The van der Waals surface area contributed by atoms with Crippen LogP contribution in [0, 0.1) is 17.2 Å². The summed E-state index contributed by atoms with van der Waals surface area (Å²) in [5, 5.41) is -0.0144. The quantitative estimate of drug-likeness (QED) is 0.500. The monoisotopic (exact) mass is 346 g/mol. The number of ketones is 1. The van der Waals surface area contributed by atoms with E-state index in [1.807, 2.05) is 0 Å². The minimum absolute atomic E-state index is 0.0144. The molecule has 0 heterocycles. The SMILES string of the molecule is CC1(C)CCCCC1C(=O)c1ccc(Br)c(Cl)c1F. The van der Waals surface area contributed by atoms with Gasteiger partial charge in [-0.2, -0.15) is 0 Å². The average molecular weight is 348 g/mol. The Morgan fingerprint density at radius 2 is 2.11 bits per heavy atom.